The summed E-state index contributed by atoms with van der Waals surface area (Å²) in [4.78, 5) is 0. The van der Waals surface area contributed by atoms with Gasteiger partial charge in [-0.3, -0.25) is 0 Å². The molecule has 0 spiro atoms. The van der Waals surface area contributed by atoms with Crippen LogP contribution < -0.4 is 4.74 Å². The van der Waals surface area contributed by atoms with Gasteiger partial charge in [-0.2, -0.15) is 5.26 Å². The molecule has 0 amide bonds. The van der Waals surface area contributed by atoms with Crippen LogP contribution in [0.4, 0.5) is 4.39 Å². The highest BCUT2D eigenvalue weighted by molar-refractivity contribution is 9.10. The van der Waals surface area contributed by atoms with E-state index >= 15 is 0 Å². The van der Waals surface area contributed by atoms with Crippen LogP contribution in [0.3, 0.4) is 0 Å². The Morgan fingerprint density at radius 1 is 1.28 bits per heavy atom. The monoisotopic (exact) mass is 305 g/mol. The maximum atomic E-state index is 13.4. The molecule has 0 unspecified atom stereocenters. The molecule has 4 heteroatoms. The highest BCUT2D eigenvalue weighted by Crippen LogP contribution is 2.30. The molecule has 0 bridgehead atoms. The molecule has 0 aliphatic heterocycles. The number of halogens is 2. The van der Waals surface area contributed by atoms with Gasteiger partial charge in [0.1, 0.15) is 28.9 Å². The van der Waals surface area contributed by atoms with Gasteiger partial charge in [0.15, 0.2) is 0 Å². The second-order valence-corrected chi connectivity index (χ2v) is 4.59. The summed E-state index contributed by atoms with van der Waals surface area (Å²) >= 11 is 3.27. The summed E-state index contributed by atoms with van der Waals surface area (Å²) in [5, 5.41) is 9.04. The van der Waals surface area contributed by atoms with Gasteiger partial charge in [0.25, 0.3) is 0 Å². The van der Waals surface area contributed by atoms with E-state index in [1.807, 2.05) is 6.07 Å². The fraction of sp³-hybridized carbons (Fsp3) is 0.0714. The first-order chi connectivity index (χ1) is 8.61. The molecule has 0 heterocycles. The third kappa shape index (κ3) is 2.52. The number of ether oxygens (including phenoxy) is 1. The molecule has 90 valence electrons. The molecule has 2 aromatic carbocycles. The van der Waals surface area contributed by atoms with E-state index in [1.54, 1.807) is 37.3 Å². The van der Waals surface area contributed by atoms with Gasteiger partial charge in [0.05, 0.1) is 0 Å². The minimum absolute atomic E-state index is 0.332. The maximum absolute atomic E-state index is 13.4. The van der Waals surface area contributed by atoms with Crippen molar-refractivity contribution in [3.8, 4) is 17.6 Å². The van der Waals surface area contributed by atoms with Gasteiger partial charge in [-0.05, 0) is 46.6 Å². The SMILES string of the molecule is Cc1ccc(Oc2cccc(Br)c2C#N)cc1F. The van der Waals surface area contributed by atoms with E-state index in [0.29, 0.717) is 27.1 Å². The van der Waals surface area contributed by atoms with E-state index < -0.39 is 0 Å². The Morgan fingerprint density at radius 3 is 2.72 bits per heavy atom. The number of hydrogen-bond donors (Lipinski definition) is 0. The lowest BCUT2D eigenvalue weighted by atomic mass is 10.2. The van der Waals surface area contributed by atoms with Crippen LogP contribution in [0, 0.1) is 24.1 Å². The topological polar surface area (TPSA) is 33.0 Å². The lowest BCUT2D eigenvalue weighted by Crippen LogP contribution is -1.91. The minimum Gasteiger partial charge on any atom is -0.456 e. The number of nitriles is 1. The molecule has 0 saturated carbocycles. The van der Waals surface area contributed by atoms with Gasteiger partial charge < -0.3 is 4.74 Å². The standard InChI is InChI=1S/C14H9BrFNO/c1-9-5-6-10(7-13(9)16)18-14-4-2-3-12(15)11(14)8-17/h2-7H,1H3. The Hall–Kier alpha value is -1.86. The zero-order valence-electron chi connectivity index (χ0n) is 9.58. The third-order valence-electron chi connectivity index (χ3n) is 2.46. The summed E-state index contributed by atoms with van der Waals surface area (Å²) in [6.07, 6.45) is 0. The van der Waals surface area contributed by atoms with E-state index in [4.69, 9.17) is 10.00 Å². The van der Waals surface area contributed by atoms with Gasteiger partial charge >= 0.3 is 0 Å². The van der Waals surface area contributed by atoms with E-state index in [0.717, 1.165) is 0 Å². The first-order valence-corrected chi connectivity index (χ1v) is 6.03. The number of rotatable bonds is 2. The van der Waals surface area contributed by atoms with Crippen molar-refractivity contribution in [2.75, 3.05) is 0 Å². The fourth-order valence-electron chi connectivity index (χ4n) is 1.46. The summed E-state index contributed by atoms with van der Waals surface area (Å²) in [6, 6.07) is 11.8. The number of hydrogen-bond acceptors (Lipinski definition) is 2. The van der Waals surface area contributed by atoms with Crippen molar-refractivity contribution < 1.29 is 9.13 Å². The van der Waals surface area contributed by atoms with Crippen molar-refractivity contribution >= 4 is 15.9 Å². The van der Waals surface area contributed by atoms with E-state index in [2.05, 4.69) is 15.9 Å². The van der Waals surface area contributed by atoms with Crippen LogP contribution in [0.5, 0.6) is 11.5 Å². The van der Waals surface area contributed by atoms with Crippen molar-refractivity contribution in [2.24, 2.45) is 0 Å². The van der Waals surface area contributed by atoms with Crippen molar-refractivity contribution in [3.63, 3.8) is 0 Å². The third-order valence-corrected chi connectivity index (χ3v) is 3.12. The Kier molecular flexibility index (Phi) is 3.63. The predicted molar refractivity (Wildman–Crippen MR) is 70.1 cm³/mol. The molecule has 0 aromatic heterocycles. The minimum atomic E-state index is -0.332. The molecule has 0 saturated heterocycles. The van der Waals surface area contributed by atoms with Crippen LogP contribution in [-0.2, 0) is 0 Å². The van der Waals surface area contributed by atoms with Crippen LogP contribution in [0.1, 0.15) is 11.1 Å². The maximum Gasteiger partial charge on any atom is 0.146 e. The second kappa shape index (κ2) is 5.19. The quantitative estimate of drug-likeness (QED) is 0.815. The molecule has 2 rings (SSSR count). The van der Waals surface area contributed by atoms with E-state index in [9.17, 15) is 4.39 Å². The molecule has 0 aliphatic rings. The van der Waals surface area contributed by atoms with Gasteiger partial charge in [-0.15, -0.1) is 0 Å². The zero-order chi connectivity index (χ0) is 13.1. The van der Waals surface area contributed by atoms with Crippen molar-refractivity contribution in [1.82, 2.24) is 0 Å². The molecular formula is C14H9BrFNO. The van der Waals surface area contributed by atoms with Gasteiger partial charge in [0, 0.05) is 10.5 Å². The van der Waals surface area contributed by atoms with Crippen LogP contribution in [0.2, 0.25) is 0 Å². The number of aryl methyl sites for hydroxylation is 1. The number of nitrogens with zero attached hydrogens (tertiary/aromatic N) is 1. The first kappa shape index (κ1) is 12.6. The Morgan fingerprint density at radius 2 is 2.06 bits per heavy atom. The average molecular weight is 306 g/mol. The van der Waals surface area contributed by atoms with Crippen LogP contribution in [0.15, 0.2) is 40.9 Å². The Labute approximate surface area is 113 Å². The molecule has 0 N–H and O–H groups in total. The Bertz CT molecular complexity index is 634. The molecular weight excluding hydrogens is 297 g/mol. The summed E-state index contributed by atoms with van der Waals surface area (Å²) in [6.45, 7) is 1.68. The lowest BCUT2D eigenvalue weighted by molar-refractivity contribution is 0.474. The highest BCUT2D eigenvalue weighted by Gasteiger charge is 2.09. The molecule has 18 heavy (non-hydrogen) atoms. The van der Waals surface area contributed by atoms with Crippen molar-refractivity contribution in [1.29, 1.82) is 5.26 Å². The number of benzene rings is 2. The van der Waals surface area contributed by atoms with Crippen LogP contribution in [0.25, 0.3) is 0 Å². The smallest absolute Gasteiger partial charge is 0.146 e. The molecule has 0 aliphatic carbocycles. The second-order valence-electron chi connectivity index (χ2n) is 3.74. The highest BCUT2D eigenvalue weighted by atomic mass is 79.9. The van der Waals surface area contributed by atoms with Crippen LogP contribution in [-0.4, -0.2) is 0 Å². The summed E-state index contributed by atoms with van der Waals surface area (Å²) in [5.74, 6) is 0.434. The molecule has 0 atom stereocenters. The summed E-state index contributed by atoms with van der Waals surface area (Å²) in [7, 11) is 0. The van der Waals surface area contributed by atoms with Crippen molar-refractivity contribution in [2.45, 2.75) is 6.92 Å². The van der Waals surface area contributed by atoms with Gasteiger partial charge in [-0.25, -0.2) is 4.39 Å². The largest absolute Gasteiger partial charge is 0.456 e. The zero-order valence-corrected chi connectivity index (χ0v) is 11.2. The van der Waals surface area contributed by atoms with E-state index in [1.165, 1.54) is 6.07 Å². The average Bonchev–Trinajstić information content (AvgIpc) is 2.34. The molecule has 2 aromatic rings. The molecule has 0 radical (unpaired) electrons. The predicted octanol–water partition coefficient (Wildman–Crippen LogP) is 4.56. The normalized spacial score (nSPS) is 9.89. The molecule has 0 fully saturated rings. The molecule has 2 nitrogen and oxygen atoms in total. The van der Waals surface area contributed by atoms with Crippen molar-refractivity contribution in [3.05, 3.63) is 57.8 Å². The van der Waals surface area contributed by atoms with Gasteiger partial charge in [-0.1, -0.05) is 12.1 Å². The summed E-state index contributed by atoms with van der Waals surface area (Å²) < 4.78 is 19.6. The Balaban J connectivity index is 2.37. The van der Waals surface area contributed by atoms with Gasteiger partial charge in [0.2, 0.25) is 0 Å². The lowest BCUT2D eigenvalue weighted by Gasteiger charge is -2.09. The summed E-state index contributed by atoms with van der Waals surface area (Å²) in [5.41, 5.74) is 0.940. The van der Waals surface area contributed by atoms with Crippen LogP contribution >= 0.6 is 15.9 Å². The first-order valence-electron chi connectivity index (χ1n) is 5.24. The van der Waals surface area contributed by atoms with E-state index in [-0.39, 0.29) is 5.82 Å². The fourth-order valence-corrected chi connectivity index (χ4v) is 1.90.